The van der Waals surface area contributed by atoms with Crippen LogP contribution in [0, 0.1) is 0 Å². The number of amides is 1. The Labute approximate surface area is 91.5 Å². The van der Waals surface area contributed by atoms with Gasteiger partial charge in [-0.05, 0) is 20.5 Å². The Morgan fingerprint density at radius 1 is 1.60 bits per heavy atom. The molecule has 1 aliphatic heterocycles. The first-order valence-electron chi connectivity index (χ1n) is 5.26. The minimum absolute atomic E-state index is 0.0939. The predicted octanol–water partition coefficient (Wildman–Crippen LogP) is 0.352. The van der Waals surface area contributed by atoms with Gasteiger partial charge in [-0.2, -0.15) is 0 Å². The number of nitrogens with zero attached hydrogens (tertiary/aromatic N) is 2. The quantitative estimate of drug-likeness (QED) is 0.630. The third kappa shape index (κ3) is 4.01. The van der Waals surface area contributed by atoms with Crippen LogP contribution in [0.25, 0.3) is 0 Å². The number of carbonyl (C=O) groups is 1. The van der Waals surface area contributed by atoms with Gasteiger partial charge in [0.25, 0.3) is 0 Å². The summed E-state index contributed by atoms with van der Waals surface area (Å²) in [5.74, 6) is 0.0939. The highest BCUT2D eigenvalue weighted by molar-refractivity contribution is 5.87. The minimum Gasteiger partial charge on any atom is -0.380 e. The summed E-state index contributed by atoms with van der Waals surface area (Å²) in [6.07, 6.45) is 4.71. The van der Waals surface area contributed by atoms with E-state index in [4.69, 9.17) is 4.74 Å². The van der Waals surface area contributed by atoms with Gasteiger partial charge in [0.2, 0.25) is 5.91 Å². The minimum atomic E-state index is 0.0939. The van der Waals surface area contributed by atoms with Crippen LogP contribution in [0.1, 0.15) is 6.42 Å². The van der Waals surface area contributed by atoms with E-state index >= 15 is 0 Å². The molecular formula is C11H20N2O2. The van der Waals surface area contributed by atoms with Gasteiger partial charge >= 0.3 is 0 Å². The molecule has 1 saturated heterocycles. The maximum Gasteiger partial charge on any atom is 0.246 e. The fourth-order valence-electron chi connectivity index (χ4n) is 1.59. The van der Waals surface area contributed by atoms with Crippen LogP contribution in [0.5, 0.6) is 0 Å². The SMILES string of the molecule is COC1CCN(C(=O)/C=C/CN(C)C)C1. The molecule has 1 amide bonds. The average molecular weight is 212 g/mol. The lowest BCUT2D eigenvalue weighted by Crippen LogP contribution is -2.28. The van der Waals surface area contributed by atoms with Crippen molar-refractivity contribution in [2.45, 2.75) is 12.5 Å². The molecule has 1 atom stereocenters. The van der Waals surface area contributed by atoms with Crippen LogP contribution in [0.15, 0.2) is 12.2 Å². The highest BCUT2D eigenvalue weighted by Crippen LogP contribution is 2.11. The van der Waals surface area contributed by atoms with Crippen LogP contribution >= 0.6 is 0 Å². The van der Waals surface area contributed by atoms with Gasteiger partial charge in [0.1, 0.15) is 0 Å². The first-order chi connectivity index (χ1) is 7.13. The summed E-state index contributed by atoms with van der Waals surface area (Å²) < 4.78 is 5.21. The Balaban J connectivity index is 2.32. The van der Waals surface area contributed by atoms with Crippen molar-refractivity contribution >= 4 is 5.91 Å². The molecule has 0 spiro atoms. The van der Waals surface area contributed by atoms with Crippen molar-refractivity contribution in [1.29, 1.82) is 0 Å². The molecule has 1 unspecified atom stereocenters. The molecule has 0 radical (unpaired) electrons. The average Bonchev–Trinajstić information content (AvgIpc) is 2.65. The number of ether oxygens (including phenoxy) is 1. The van der Waals surface area contributed by atoms with Crippen molar-refractivity contribution in [3.8, 4) is 0 Å². The molecule has 4 heteroatoms. The number of methoxy groups -OCH3 is 1. The molecule has 1 rings (SSSR count). The molecule has 0 aromatic carbocycles. The van der Waals surface area contributed by atoms with Crippen molar-refractivity contribution in [2.24, 2.45) is 0 Å². The number of carbonyl (C=O) groups excluding carboxylic acids is 1. The van der Waals surface area contributed by atoms with E-state index in [1.165, 1.54) is 0 Å². The van der Waals surface area contributed by atoms with Gasteiger partial charge in [-0.3, -0.25) is 4.79 Å². The van der Waals surface area contributed by atoms with E-state index in [2.05, 4.69) is 0 Å². The molecule has 15 heavy (non-hydrogen) atoms. The summed E-state index contributed by atoms with van der Waals surface area (Å²) in [6, 6.07) is 0. The van der Waals surface area contributed by atoms with E-state index in [9.17, 15) is 4.79 Å². The van der Waals surface area contributed by atoms with Crippen molar-refractivity contribution in [1.82, 2.24) is 9.80 Å². The summed E-state index contributed by atoms with van der Waals surface area (Å²) in [7, 11) is 5.65. The monoisotopic (exact) mass is 212 g/mol. The largest absolute Gasteiger partial charge is 0.380 e. The summed E-state index contributed by atoms with van der Waals surface area (Å²) in [5.41, 5.74) is 0. The lowest BCUT2D eigenvalue weighted by atomic mass is 10.3. The molecule has 0 aromatic heterocycles. The maximum atomic E-state index is 11.7. The van der Waals surface area contributed by atoms with Gasteiger partial charge in [-0.1, -0.05) is 6.08 Å². The summed E-state index contributed by atoms with van der Waals surface area (Å²) in [5, 5.41) is 0. The van der Waals surface area contributed by atoms with Crippen molar-refractivity contribution in [3.63, 3.8) is 0 Å². The Morgan fingerprint density at radius 2 is 2.33 bits per heavy atom. The Morgan fingerprint density at radius 3 is 2.87 bits per heavy atom. The number of likely N-dealkylation sites (N-methyl/N-ethyl adjacent to an activating group) is 1. The molecule has 0 aliphatic carbocycles. The third-order valence-corrected chi connectivity index (χ3v) is 2.52. The van der Waals surface area contributed by atoms with Crippen LogP contribution in [-0.4, -0.2) is 62.7 Å². The first-order valence-corrected chi connectivity index (χ1v) is 5.26. The first kappa shape index (κ1) is 12.2. The molecule has 86 valence electrons. The summed E-state index contributed by atoms with van der Waals surface area (Å²) in [6.45, 7) is 2.33. The molecule has 0 saturated carbocycles. The second-order valence-electron chi connectivity index (χ2n) is 4.10. The second kappa shape index (κ2) is 5.88. The van der Waals surface area contributed by atoms with E-state index < -0.39 is 0 Å². The topological polar surface area (TPSA) is 32.8 Å². The number of rotatable bonds is 4. The van der Waals surface area contributed by atoms with Crippen LogP contribution in [0.3, 0.4) is 0 Å². The normalized spacial score (nSPS) is 21.9. The van der Waals surface area contributed by atoms with Gasteiger partial charge in [0, 0.05) is 32.8 Å². The maximum absolute atomic E-state index is 11.7. The van der Waals surface area contributed by atoms with E-state index in [1.807, 2.05) is 30.0 Å². The molecule has 0 N–H and O–H groups in total. The zero-order chi connectivity index (χ0) is 11.3. The van der Waals surface area contributed by atoms with E-state index in [1.54, 1.807) is 13.2 Å². The molecular weight excluding hydrogens is 192 g/mol. The van der Waals surface area contributed by atoms with Gasteiger partial charge in [-0.25, -0.2) is 0 Å². The summed E-state index contributed by atoms with van der Waals surface area (Å²) >= 11 is 0. The van der Waals surface area contributed by atoms with Gasteiger partial charge < -0.3 is 14.5 Å². The van der Waals surface area contributed by atoms with E-state index in [-0.39, 0.29) is 12.0 Å². The van der Waals surface area contributed by atoms with Gasteiger partial charge in [0.15, 0.2) is 0 Å². The Hall–Kier alpha value is -0.870. The third-order valence-electron chi connectivity index (χ3n) is 2.52. The molecule has 0 bridgehead atoms. The van der Waals surface area contributed by atoms with Crippen LogP contribution in [-0.2, 0) is 9.53 Å². The molecule has 4 nitrogen and oxygen atoms in total. The van der Waals surface area contributed by atoms with Crippen molar-refractivity contribution in [2.75, 3.05) is 40.8 Å². The van der Waals surface area contributed by atoms with Crippen LogP contribution < -0.4 is 0 Å². The zero-order valence-corrected chi connectivity index (χ0v) is 9.77. The summed E-state index contributed by atoms with van der Waals surface area (Å²) in [4.78, 5) is 15.5. The molecule has 1 fully saturated rings. The lowest BCUT2D eigenvalue weighted by Gasteiger charge is -2.13. The van der Waals surface area contributed by atoms with Crippen molar-refractivity contribution in [3.05, 3.63) is 12.2 Å². The van der Waals surface area contributed by atoms with Crippen LogP contribution in [0.2, 0.25) is 0 Å². The number of hydrogen-bond donors (Lipinski definition) is 0. The zero-order valence-electron chi connectivity index (χ0n) is 9.77. The van der Waals surface area contributed by atoms with Crippen molar-refractivity contribution < 1.29 is 9.53 Å². The Kier molecular flexibility index (Phi) is 4.78. The second-order valence-corrected chi connectivity index (χ2v) is 4.10. The number of hydrogen-bond acceptors (Lipinski definition) is 3. The van der Waals surface area contributed by atoms with Gasteiger partial charge in [-0.15, -0.1) is 0 Å². The smallest absolute Gasteiger partial charge is 0.246 e. The Bertz CT molecular complexity index is 239. The molecule has 1 heterocycles. The predicted molar refractivity (Wildman–Crippen MR) is 59.7 cm³/mol. The molecule has 1 aliphatic rings. The van der Waals surface area contributed by atoms with E-state index in [0.29, 0.717) is 0 Å². The standard InChI is InChI=1S/C11H20N2O2/c1-12(2)7-4-5-11(14)13-8-6-10(9-13)15-3/h4-5,10H,6-9H2,1-3H3/b5-4+. The lowest BCUT2D eigenvalue weighted by molar-refractivity contribution is -0.125. The molecule has 0 aromatic rings. The highest BCUT2D eigenvalue weighted by Gasteiger charge is 2.24. The van der Waals surface area contributed by atoms with Gasteiger partial charge in [0.05, 0.1) is 6.10 Å². The van der Waals surface area contributed by atoms with E-state index in [0.717, 1.165) is 26.1 Å². The van der Waals surface area contributed by atoms with Crippen LogP contribution in [0.4, 0.5) is 0 Å². The number of likely N-dealkylation sites (tertiary alicyclic amines) is 1. The fourth-order valence-corrected chi connectivity index (χ4v) is 1.59. The highest BCUT2D eigenvalue weighted by atomic mass is 16.5. The fraction of sp³-hybridized carbons (Fsp3) is 0.727.